The molecule has 124 valence electrons. The zero-order valence-corrected chi connectivity index (χ0v) is 13.8. The van der Waals surface area contributed by atoms with E-state index in [1.165, 1.54) is 6.08 Å². The Hall–Kier alpha value is -3.05. The fourth-order valence-corrected chi connectivity index (χ4v) is 3.16. The van der Waals surface area contributed by atoms with Crippen LogP contribution in [-0.4, -0.2) is 11.8 Å². The minimum absolute atomic E-state index is 0.236. The Labute approximate surface area is 148 Å². The van der Waals surface area contributed by atoms with Crippen LogP contribution in [0.2, 0.25) is 5.02 Å². The van der Waals surface area contributed by atoms with E-state index < -0.39 is 0 Å². The summed E-state index contributed by atoms with van der Waals surface area (Å²) in [5, 5.41) is 6.08. The Bertz CT molecular complexity index is 979. The summed E-state index contributed by atoms with van der Waals surface area (Å²) < 4.78 is 5.80. The van der Waals surface area contributed by atoms with Gasteiger partial charge in [-0.2, -0.15) is 0 Å². The minimum atomic E-state index is -0.302. The number of hydrogen-bond acceptors (Lipinski definition) is 3. The maximum absolute atomic E-state index is 12.5. The highest BCUT2D eigenvalue weighted by Gasteiger charge is 2.32. The van der Waals surface area contributed by atoms with Crippen LogP contribution in [0.25, 0.3) is 11.3 Å². The van der Waals surface area contributed by atoms with Crippen LogP contribution in [0.3, 0.4) is 0 Å². The van der Waals surface area contributed by atoms with Gasteiger partial charge in [0.25, 0.3) is 5.91 Å². The number of amides is 2. The van der Waals surface area contributed by atoms with E-state index in [-0.39, 0.29) is 11.8 Å². The Morgan fingerprint density at radius 2 is 2.08 bits per heavy atom. The van der Waals surface area contributed by atoms with E-state index in [4.69, 9.17) is 16.3 Å². The summed E-state index contributed by atoms with van der Waals surface area (Å²) in [6.07, 6.45) is 1.20. The van der Waals surface area contributed by atoms with E-state index in [1.807, 2.05) is 6.07 Å². The molecule has 0 radical (unpaired) electrons. The Morgan fingerprint density at radius 3 is 2.88 bits per heavy atom. The molecule has 2 aromatic carbocycles. The summed E-state index contributed by atoms with van der Waals surface area (Å²) in [5.74, 6) is -0.0485. The monoisotopic (exact) mass is 352 g/mol. The van der Waals surface area contributed by atoms with Gasteiger partial charge in [0.1, 0.15) is 12.4 Å². The molecule has 0 fully saturated rings. The van der Waals surface area contributed by atoms with Crippen molar-refractivity contribution < 1.29 is 14.3 Å². The zero-order chi connectivity index (χ0) is 17.6. The number of rotatable bonds is 2. The third kappa shape index (κ3) is 2.58. The van der Waals surface area contributed by atoms with Gasteiger partial charge < -0.3 is 15.4 Å². The fraction of sp³-hybridized carbons (Fsp3) is 0.0526. The Morgan fingerprint density at radius 1 is 1.24 bits per heavy atom. The minimum Gasteiger partial charge on any atom is -0.487 e. The number of carbonyl (C=O) groups excluding carboxylic acids is 2. The van der Waals surface area contributed by atoms with Crippen molar-refractivity contribution >= 4 is 46.1 Å². The lowest BCUT2D eigenvalue weighted by Gasteiger charge is -2.07. The molecule has 2 amide bonds. The summed E-state index contributed by atoms with van der Waals surface area (Å²) >= 11 is 6.08. The zero-order valence-electron chi connectivity index (χ0n) is 13.1. The molecule has 4 rings (SSSR count). The van der Waals surface area contributed by atoms with E-state index in [9.17, 15) is 9.59 Å². The highest BCUT2D eigenvalue weighted by Crippen LogP contribution is 2.42. The molecule has 25 heavy (non-hydrogen) atoms. The molecule has 2 aliphatic heterocycles. The van der Waals surface area contributed by atoms with Gasteiger partial charge in [-0.15, -0.1) is 0 Å². The molecule has 2 heterocycles. The maximum Gasteiger partial charge on any atom is 0.260 e. The van der Waals surface area contributed by atoms with E-state index in [0.29, 0.717) is 39.9 Å². The van der Waals surface area contributed by atoms with Gasteiger partial charge in [0, 0.05) is 33.1 Å². The van der Waals surface area contributed by atoms with Crippen LogP contribution in [0.5, 0.6) is 0 Å². The predicted octanol–water partition coefficient (Wildman–Crippen LogP) is 3.82. The standard InChI is InChI=1S/C19H13ClN2O3/c1-2-16(23)21-12-5-3-10-9-25-18(13(10)8-12)17-14-7-11(20)4-6-15(14)22-19(17)24/h2-8H,1,9H2,(H,21,23)(H,22,24). The molecule has 0 saturated carbocycles. The molecule has 0 bridgehead atoms. The molecule has 2 aromatic rings. The van der Waals surface area contributed by atoms with E-state index in [2.05, 4.69) is 17.2 Å². The van der Waals surface area contributed by atoms with Crippen molar-refractivity contribution in [1.82, 2.24) is 0 Å². The van der Waals surface area contributed by atoms with Crippen molar-refractivity contribution in [3.8, 4) is 0 Å². The number of hydrogen-bond donors (Lipinski definition) is 2. The van der Waals surface area contributed by atoms with Crippen molar-refractivity contribution in [3.05, 3.63) is 70.8 Å². The molecule has 0 saturated heterocycles. The molecule has 2 aliphatic rings. The van der Waals surface area contributed by atoms with Gasteiger partial charge >= 0.3 is 0 Å². The van der Waals surface area contributed by atoms with Crippen LogP contribution in [0, 0.1) is 0 Å². The summed E-state index contributed by atoms with van der Waals surface area (Å²) in [5.41, 5.74) is 4.19. The van der Waals surface area contributed by atoms with Gasteiger partial charge in [0.05, 0.1) is 5.57 Å². The number of nitrogens with one attached hydrogen (secondary N) is 2. The normalized spacial score (nSPS) is 17.4. The first-order chi connectivity index (χ1) is 12.1. The lowest BCUT2D eigenvalue weighted by molar-refractivity contribution is -0.112. The summed E-state index contributed by atoms with van der Waals surface area (Å²) in [4.78, 5) is 24.0. The molecule has 0 aromatic heterocycles. The molecule has 0 unspecified atom stereocenters. The molecule has 0 spiro atoms. The maximum atomic E-state index is 12.5. The second-order valence-corrected chi connectivity index (χ2v) is 6.14. The Kier molecular flexibility index (Phi) is 3.58. The first-order valence-corrected chi connectivity index (χ1v) is 7.99. The highest BCUT2D eigenvalue weighted by molar-refractivity contribution is 6.38. The van der Waals surface area contributed by atoms with Crippen molar-refractivity contribution in [3.63, 3.8) is 0 Å². The molecular formula is C19H13ClN2O3. The van der Waals surface area contributed by atoms with E-state index >= 15 is 0 Å². The SMILES string of the molecule is C=CC(=O)Nc1ccc2c(c1)C(=C1C(=O)Nc3ccc(Cl)cc31)OC2. The fourth-order valence-electron chi connectivity index (χ4n) is 2.98. The average Bonchev–Trinajstić information content (AvgIpc) is 3.14. The van der Waals surface area contributed by atoms with Crippen LogP contribution in [0.15, 0.2) is 49.1 Å². The van der Waals surface area contributed by atoms with Crippen molar-refractivity contribution in [2.45, 2.75) is 6.61 Å². The van der Waals surface area contributed by atoms with Crippen LogP contribution >= 0.6 is 11.6 Å². The first kappa shape index (κ1) is 15.5. The second kappa shape index (κ2) is 5.79. The number of halogens is 1. The van der Waals surface area contributed by atoms with Gasteiger partial charge in [-0.3, -0.25) is 9.59 Å². The van der Waals surface area contributed by atoms with Gasteiger partial charge in [-0.25, -0.2) is 0 Å². The third-order valence-electron chi connectivity index (χ3n) is 4.13. The van der Waals surface area contributed by atoms with Crippen molar-refractivity contribution in [2.75, 3.05) is 10.6 Å². The van der Waals surface area contributed by atoms with Crippen LogP contribution in [0.1, 0.15) is 16.7 Å². The number of fused-ring (bicyclic) bond motifs is 2. The first-order valence-electron chi connectivity index (χ1n) is 7.62. The summed E-state index contributed by atoms with van der Waals surface area (Å²) in [6.45, 7) is 3.81. The van der Waals surface area contributed by atoms with Crippen molar-refractivity contribution in [1.29, 1.82) is 0 Å². The van der Waals surface area contributed by atoms with E-state index in [1.54, 1.807) is 30.3 Å². The second-order valence-electron chi connectivity index (χ2n) is 5.70. The average molecular weight is 353 g/mol. The summed E-state index contributed by atoms with van der Waals surface area (Å²) in [7, 11) is 0. The lowest BCUT2D eigenvalue weighted by atomic mass is 10.00. The molecule has 2 N–H and O–H groups in total. The largest absolute Gasteiger partial charge is 0.487 e. The third-order valence-corrected chi connectivity index (χ3v) is 4.37. The molecule has 0 aliphatic carbocycles. The number of anilines is 2. The van der Waals surface area contributed by atoms with Gasteiger partial charge in [0.15, 0.2) is 0 Å². The topological polar surface area (TPSA) is 67.4 Å². The van der Waals surface area contributed by atoms with Gasteiger partial charge in [-0.05, 0) is 36.4 Å². The number of carbonyl (C=O) groups is 2. The lowest BCUT2D eigenvalue weighted by Crippen LogP contribution is -2.08. The summed E-state index contributed by atoms with van der Waals surface area (Å²) in [6, 6.07) is 10.7. The Balaban J connectivity index is 1.85. The smallest absolute Gasteiger partial charge is 0.260 e. The number of ether oxygens (including phenoxy) is 1. The van der Waals surface area contributed by atoms with Crippen LogP contribution < -0.4 is 10.6 Å². The predicted molar refractivity (Wildman–Crippen MR) is 97.0 cm³/mol. The highest BCUT2D eigenvalue weighted by atomic mass is 35.5. The molecular weight excluding hydrogens is 340 g/mol. The van der Waals surface area contributed by atoms with Crippen LogP contribution in [0.4, 0.5) is 11.4 Å². The molecule has 0 atom stereocenters. The molecule has 6 heteroatoms. The van der Waals surface area contributed by atoms with Gasteiger partial charge in [-0.1, -0.05) is 24.2 Å². The van der Waals surface area contributed by atoms with Crippen LogP contribution in [-0.2, 0) is 20.9 Å². The number of benzene rings is 2. The van der Waals surface area contributed by atoms with Crippen molar-refractivity contribution in [2.24, 2.45) is 0 Å². The quantitative estimate of drug-likeness (QED) is 0.807. The van der Waals surface area contributed by atoms with E-state index in [0.717, 1.165) is 11.1 Å². The van der Waals surface area contributed by atoms with Gasteiger partial charge in [0.2, 0.25) is 5.91 Å². The molecule has 5 nitrogen and oxygen atoms in total.